The number of carbonyl (C=O) groups is 1. The zero-order valence-electron chi connectivity index (χ0n) is 23.1. The van der Waals surface area contributed by atoms with E-state index in [-0.39, 0.29) is 5.91 Å². The summed E-state index contributed by atoms with van der Waals surface area (Å²) in [6.07, 6.45) is 5.01. The molecule has 3 atom stereocenters. The number of amides is 1. The van der Waals surface area contributed by atoms with Crippen LogP contribution < -0.4 is 4.72 Å². The van der Waals surface area contributed by atoms with Crippen LogP contribution in [0.3, 0.4) is 0 Å². The molecule has 38 heavy (non-hydrogen) atoms. The Labute approximate surface area is 228 Å². The van der Waals surface area contributed by atoms with E-state index in [2.05, 4.69) is 33.9 Å². The van der Waals surface area contributed by atoms with Crippen LogP contribution in [-0.2, 0) is 19.2 Å². The molecule has 7 nitrogen and oxygen atoms in total. The lowest BCUT2D eigenvalue weighted by atomic mass is 10.00. The molecular formula is C30H44N4O3S. The van der Waals surface area contributed by atoms with Crippen LogP contribution in [0, 0.1) is 0 Å². The first-order valence-corrected chi connectivity index (χ1v) is 15.6. The fourth-order valence-electron chi connectivity index (χ4n) is 5.69. The van der Waals surface area contributed by atoms with Gasteiger partial charge < -0.3 is 14.5 Å². The molecule has 1 amide bonds. The molecule has 1 N–H and O–H groups in total. The fourth-order valence-corrected chi connectivity index (χ4v) is 7.11. The maximum absolute atomic E-state index is 13.6. The number of fused-ring (bicyclic) bond motifs is 1. The molecule has 0 aliphatic carbocycles. The Morgan fingerprint density at radius 2 is 1.92 bits per heavy atom. The Morgan fingerprint density at radius 3 is 2.68 bits per heavy atom. The number of hydrogen-bond donors (Lipinski definition) is 1. The number of benzene rings is 2. The summed E-state index contributed by atoms with van der Waals surface area (Å²) in [6.45, 7) is 12.4. The van der Waals surface area contributed by atoms with Crippen molar-refractivity contribution in [3.05, 3.63) is 54.7 Å². The molecule has 0 bridgehead atoms. The van der Waals surface area contributed by atoms with Crippen molar-refractivity contribution in [2.24, 2.45) is 0 Å². The van der Waals surface area contributed by atoms with Gasteiger partial charge in [-0.1, -0.05) is 43.8 Å². The van der Waals surface area contributed by atoms with Gasteiger partial charge in [0.25, 0.3) is 0 Å². The van der Waals surface area contributed by atoms with Crippen LogP contribution in [0.5, 0.6) is 0 Å². The summed E-state index contributed by atoms with van der Waals surface area (Å²) >= 11 is 0. The number of ether oxygens (including phenoxy) is 1. The number of carbonyl (C=O) groups excluding carboxylic acids is 1. The van der Waals surface area contributed by atoms with Crippen molar-refractivity contribution in [3.63, 3.8) is 0 Å². The van der Waals surface area contributed by atoms with Crippen molar-refractivity contribution in [2.75, 3.05) is 53.0 Å². The minimum Gasteiger partial charge on any atom is -0.383 e. The average Bonchev–Trinajstić information content (AvgIpc) is 2.93. The van der Waals surface area contributed by atoms with Gasteiger partial charge in [-0.15, -0.1) is 0 Å². The highest BCUT2D eigenvalue weighted by molar-refractivity contribution is 7.98. The number of nitrogens with zero attached hydrogens (tertiary/aromatic N) is 3. The van der Waals surface area contributed by atoms with Gasteiger partial charge >= 0.3 is 0 Å². The Balaban J connectivity index is 1.40. The number of rotatable bonds is 12. The maximum atomic E-state index is 13.6. The van der Waals surface area contributed by atoms with Crippen molar-refractivity contribution in [2.45, 2.75) is 56.0 Å². The second-order valence-electron chi connectivity index (χ2n) is 10.6. The van der Waals surface area contributed by atoms with E-state index in [9.17, 15) is 9.00 Å². The number of likely N-dealkylation sites (tertiary alicyclic amines) is 2. The molecule has 2 aromatic rings. The third kappa shape index (κ3) is 6.97. The Kier molecular flexibility index (Phi) is 9.87. The summed E-state index contributed by atoms with van der Waals surface area (Å²) < 4.78 is 22.1. The highest BCUT2D eigenvalue weighted by Crippen LogP contribution is 2.25. The lowest BCUT2D eigenvalue weighted by molar-refractivity contribution is -0.135. The molecule has 2 saturated heterocycles. The average molecular weight is 541 g/mol. The van der Waals surface area contributed by atoms with Crippen molar-refractivity contribution >= 4 is 32.3 Å². The van der Waals surface area contributed by atoms with Crippen molar-refractivity contribution in [1.29, 1.82) is 0 Å². The minimum absolute atomic E-state index is 0.0154. The fraction of sp³-hybridized carbons (Fsp3) is 0.533. The second-order valence-corrected chi connectivity index (χ2v) is 12.6. The van der Waals surface area contributed by atoms with Gasteiger partial charge in [0.15, 0.2) is 0 Å². The molecule has 2 fully saturated rings. The number of methoxy groups -OCH3 is 1. The highest BCUT2D eigenvalue weighted by Gasteiger charge is 2.33. The Bertz CT molecular complexity index is 1210. The third-order valence-corrected chi connectivity index (χ3v) is 9.58. The van der Waals surface area contributed by atoms with E-state index < -0.39 is 15.7 Å². The SMILES string of the molecule is C=C(CN1CCC[C@H](NS(=C)(=O)c2ccc3ccccc3c2)C1=O)N1CCCCC1CN(CC)CCOC. The zero-order chi connectivity index (χ0) is 27.1. The molecule has 0 aromatic heterocycles. The van der Waals surface area contributed by atoms with Gasteiger partial charge in [-0.2, -0.15) is 0 Å². The molecule has 4 rings (SSSR count). The number of hydrogen-bond acceptors (Lipinski definition) is 5. The van der Waals surface area contributed by atoms with Gasteiger partial charge in [0.1, 0.15) is 0 Å². The van der Waals surface area contributed by atoms with Gasteiger partial charge in [-0.25, -0.2) is 8.93 Å². The van der Waals surface area contributed by atoms with Crippen LogP contribution in [0.1, 0.15) is 39.0 Å². The second kappa shape index (κ2) is 13.1. The van der Waals surface area contributed by atoms with Crippen molar-refractivity contribution in [1.82, 2.24) is 19.4 Å². The number of piperidine rings is 2. The number of likely N-dealkylation sites (N-methyl/N-ethyl adjacent to an activating group) is 1. The first-order valence-electron chi connectivity index (χ1n) is 13.9. The monoisotopic (exact) mass is 540 g/mol. The predicted octanol–water partition coefficient (Wildman–Crippen LogP) is 3.75. The first kappa shape index (κ1) is 28.6. The van der Waals surface area contributed by atoms with Crippen LogP contribution in [0.25, 0.3) is 10.8 Å². The van der Waals surface area contributed by atoms with Gasteiger partial charge in [0.05, 0.1) is 28.9 Å². The Morgan fingerprint density at radius 1 is 1.13 bits per heavy atom. The molecule has 2 aromatic carbocycles. The molecule has 0 radical (unpaired) electrons. The molecule has 2 heterocycles. The standard InChI is InChI=1S/C30H44N4O3S/c1-5-32(19-20-37-3)23-27-13-8-9-18-34(27)24(2)22-33-17-10-14-29(30(33)35)31-38(4,36)28-16-15-25-11-6-7-12-26(25)21-28/h6-7,11-12,15-16,21,27,29H,2,4-5,8-10,13-14,17-20,22-23H2,1,3H3,(H,31,36)/t27?,29-,38?/m0/s1. The van der Waals surface area contributed by atoms with E-state index in [1.165, 1.54) is 6.42 Å². The number of nitrogens with one attached hydrogen (secondary N) is 1. The quantitative estimate of drug-likeness (QED) is 0.416. The third-order valence-electron chi connectivity index (χ3n) is 7.90. The summed E-state index contributed by atoms with van der Waals surface area (Å²) in [4.78, 5) is 20.9. The van der Waals surface area contributed by atoms with Crippen molar-refractivity contribution in [3.8, 4) is 0 Å². The molecule has 208 valence electrons. The van der Waals surface area contributed by atoms with Crippen LogP contribution in [-0.4, -0.2) is 95.8 Å². The lowest BCUT2D eigenvalue weighted by Gasteiger charge is -2.43. The van der Waals surface area contributed by atoms with Crippen molar-refractivity contribution < 1.29 is 13.7 Å². The largest absolute Gasteiger partial charge is 0.383 e. The van der Waals surface area contributed by atoms with Crippen LogP contribution in [0.2, 0.25) is 0 Å². The zero-order valence-corrected chi connectivity index (χ0v) is 23.9. The van der Waals surface area contributed by atoms with Gasteiger partial charge in [0, 0.05) is 49.9 Å². The maximum Gasteiger partial charge on any atom is 0.240 e. The van der Waals surface area contributed by atoms with E-state index in [0.29, 0.717) is 30.4 Å². The van der Waals surface area contributed by atoms with Crippen LogP contribution in [0.15, 0.2) is 59.6 Å². The van der Waals surface area contributed by atoms with Gasteiger partial charge in [-0.05, 0) is 67.4 Å². The molecule has 8 heteroatoms. The summed E-state index contributed by atoms with van der Waals surface area (Å²) in [5.74, 6) is 3.99. The summed E-state index contributed by atoms with van der Waals surface area (Å²) in [7, 11) is -1.09. The predicted molar refractivity (Wildman–Crippen MR) is 158 cm³/mol. The summed E-state index contributed by atoms with van der Waals surface area (Å²) in [5, 5.41) is 2.10. The molecule has 2 aliphatic rings. The molecule has 2 aliphatic heterocycles. The van der Waals surface area contributed by atoms with E-state index in [0.717, 1.165) is 68.5 Å². The van der Waals surface area contributed by atoms with Crippen LogP contribution in [0.4, 0.5) is 0 Å². The van der Waals surface area contributed by atoms with E-state index >= 15 is 0 Å². The minimum atomic E-state index is -2.84. The van der Waals surface area contributed by atoms with Crippen LogP contribution >= 0.6 is 0 Å². The Hall–Kier alpha value is -2.39. The lowest BCUT2D eigenvalue weighted by Crippen LogP contribution is -2.54. The topological polar surface area (TPSA) is 65.1 Å². The van der Waals surface area contributed by atoms with Gasteiger partial charge in [0.2, 0.25) is 5.91 Å². The normalized spacial score (nSPS) is 22.1. The molecule has 0 saturated carbocycles. The summed E-state index contributed by atoms with van der Waals surface area (Å²) in [6, 6.07) is 13.6. The summed E-state index contributed by atoms with van der Waals surface area (Å²) in [5.41, 5.74) is 0.997. The highest BCUT2D eigenvalue weighted by atomic mass is 32.2. The first-order chi connectivity index (χ1) is 18.3. The molecule has 2 unspecified atom stereocenters. The van der Waals surface area contributed by atoms with E-state index in [4.69, 9.17) is 4.74 Å². The smallest absolute Gasteiger partial charge is 0.240 e. The van der Waals surface area contributed by atoms with E-state index in [1.807, 2.05) is 47.4 Å². The molecule has 0 spiro atoms. The van der Waals surface area contributed by atoms with Gasteiger partial charge in [-0.3, -0.25) is 9.69 Å². The van der Waals surface area contributed by atoms with E-state index in [1.54, 1.807) is 7.11 Å². The molecular weight excluding hydrogens is 496 g/mol.